The van der Waals surface area contributed by atoms with Gasteiger partial charge in [0.25, 0.3) is 10.1 Å². The van der Waals surface area contributed by atoms with Crippen LogP contribution in [0.25, 0.3) is 16.7 Å². The number of para-hydroxylation sites is 1. The Kier molecular flexibility index (Phi) is 5.92. The lowest BCUT2D eigenvalue weighted by atomic mass is 9.85. The van der Waals surface area contributed by atoms with Gasteiger partial charge in [-0.1, -0.05) is 30.3 Å². The second kappa shape index (κ2) is 8.12. The quantitative estimate of drug-likeness (QED) is 0.682. The highest BCUT2D eigenvalue weighted by atomic mass is 32.2. The number of carboxylic acid groups (broad SMARTS) is 1. The summed E-state index contributed by atoms with van der Waals surface area (Å²) in [5, 5.41) is 9.83. The average molecular weight is 432 g/mol. The van der Waals surface area contributed by atoms with Gasteiger partial charge in [-0.3, -0.25) is 9.08 Å². The van der Waals surface area contributed by atoms with Crippen LogP contribution in [0.3, 0.4) is 0 Å². The molecule has 1 aliphatic heterocycles. The number of nitrogens with zero attached hydrogens (tertiary/aromatic N) is 1. The van der Waals surface area contributed by atoms with Crippen LogP contribution in [0.4, 0.5) is 10.5 Å². The van der Waals surface area contributed by atoms with E-state index in [0.29, 0.717) is 17.9 Å². The standard InChI is InChI=1S/C22H25NO6S/c1-22(2)14-16(11-12-29-30(4,26)27)18-13-15(9-10-19(18)23(22)21(24)25)17-7-5-6-8-20(17)28-3/h5-10,13-14H,11-12H2,1-4H3,(H,24,25). The molecule has 0 spiro atoms. The highest BCUT2D eigenvalue weighted by Crippen LogP contribution is 2.43. The van der Waals surface area contributed by atoms with Crippen molar-refractivity contribution in [3.63, 3.8) is 0 Å². The Morgan fingerprint density at radius 3 is 2.47 bits per heavy atom. The third-order valence-electron chi connectivity index (χ3n) is 4.97. The van der Waals surface area contributed by atoms with Crippen molar-refractivity contribution in [3.8, 4) is 16.9 Å². The third kappa shape index (κ3) is 4.49. The van der Waals surface area contributed by atoms with Gasteiger partial charge >= 0.3 is 6.09 Å². The number of anilines is 1. The second-order valence-electron chi connectivity index (χ2n) is 7.65. The number of rotatable bonds is 6. The predicted octanol–water partition coefficient (Wildman–Crippen LogP) is 4.39. The van der Waals surface area contributed by atoms with Gasteiger partial charge in [0.1, 0.15) is 5.75 Å². The Labute approximate surface area is 176 Å². The van der Waals surface area contributed by atoms with Gasteiger partial charge in [0.05, 0.1) is 31.2 Å². The number of methoxy groups -OCH3 is 1. The molecule has 7 nitrogen and oxygen atoms in total. The maximum absolute atomic E-state index is 12.0. The van der Waals surface area contributed by atoms with Crippen molar-refractivity contribution in [2.24, 2.45) is 0 Å². The Morgan fingerprint density at radius 2 is 1.83 bits per heavy atom. The number of carbonyl (C=O) groups is 1. The van der Waals surface area contributed by atoms with E-state index < -0.39 is 21.8 Å². The van der Waals surface area contributed by atoms with Gasteiger partial charge in [-0.2, -0.15) is 8.42 Å². The Balaban J connectivity index is 2.11. The maximum atomic E-state index is 12.0. The number of benzene rings is 2. The van der Waals surface area contributed by atoms with E-state index >= 15 is 0 Å². The van der Waals surface area contributed by atoms with E-state index in [4.69, 9.17) is 8.92 Å². The molecule has 1 aliphatic rings. The van der Waals surface area contributed by atoms with Gasteiger partial charge in [-0.15, -0.1) is 0 Å². The number of ether oxygens (including phenoxy) is 1. The highest BCUT2D eigenvalue weighted by molar-refractivity contribution is 7.85. The Hall–Kier alpha value is -2.84. The molecule has 1 amide bonds. The lowest BCUT2D eigenvalue weighted by Gasteiger charge is -2.40. The van der Waals surface area contributed by atoms with Crippen LogP contribution in [0, 0.1) is 0 Å². The summed E-state index contributed by atoms with van der Waals surface area (Å²) in [5.74, 6) is 0.703. The predicted molar refractivity (Wildman–Crippen MR) is 116 cm³/mol. The monoisotopic (exact) mass is 431 g/mol. The van der Waals surface area contributed by atoms with Gasteiger partial charge in [-0.25, -0.2) is 4.79 Å². The fourth-order valence-corrected chi connectivity index (χ4v) is 4.16. The lowest BCUT2D eigenvalue weighted by molar-refractivity contribution is 0.197. The summed E-state index contributed by atoms with van der Waals surface area (Å²) < 4.78 is 33.1. The number of fused-ring (bicyclic) bond motifs is 1. The SMILES string of the molecule is COc1ccccc1-c1ccc2c(c1)C(CCOS(C)(=O)=O)=CC(C)(C)N2C(=O)O. The van der Waals surface area contributed by atoms with E-state index in [0.717, 1.165) is 28.5 Å². The molecule has 3 rings (SSSR count). The highest BCUT2D eigenvalue weighted by Gasteiger charge is 2.36. The first-order valence-corrected chi connectivity index (χ1v) is 11.2. The molecule has 0 unspecified atom stereocenters. The number of hydrogen-bond acceptors (Lipinski definition) is 5. The van der Waals surface area contributed by atoms with Crippen LogP contribution < -0.4 is 9.64 Å². The van der Waals surface area contributed by atoms with E-state index in [1.807, 2.05) is 42.5 Å². The van der Waals surface area contributed by atoms with Gasteiger partial charge in [0.15, 0.2) is 0 Å². The fourth-order valence-electron chi connectivity index (χ4n) is 3.78. The van der Waals surface area contributed by atoms with Crippen LogP contribution in [0.1, 0.15) is 25.8 Å². The van der Waals surface area contributed by atoms with E-state index in [1.54, 1.807) is 27.0 Å². The molecule has 0 fully saturated rings. The fraction of sp³-hybridized carbons (Fsp3) is 0.318. The zero-order chi connectivity index (χ0) is 22.1. The summed E-state index contributed by atoms with van der Waals surface area (Å²) in [6.07, 6.45) is 2.12. The van der Waals surface area contributed by atoms with Gasteiger partial charge in [-0.05, 0) is 49.6 Å². The molecule has 1 N–H and O–H groups in total. The largest absolute Gasteiger partial charge is 0.496 e. The van der Waals surface area contributed by atoms with Crippen molar-refractivity contribution in [1.29, 1.82) is 0 Å². The molecule has 2 aromatic rings. The lowest BCUT2D eigenvalue weighted by Crippen LogP contribution is -2.48. The Bertz CT molecular complexity index is 1100. The average Bonchev–Trinajstić information content (AvgIpc) is 2.65. The van der Waals surface area contributed by atoms with Crippen molar-refractivity contribution in [2.45, 2.75) is 25.8 Å². The molecular formula is C22H25NO6S. The molecular weight excluding hydrogens is 406 g/mol. The second-order valence-corrected chi connectivity index (χ2v) is 9.29. The molecule has 2 aromatic carbocycles. The van der Waals surface area contributed by atoms with Crippen LogP contribution in [-0.4, -0.2) is 45.1 Å². The summed E-state index contributed by atoms with van der Waals surface area (Å²) in [6, 6.07) is 13.1. The first kappa shape index (κ1) is 21.9. The molecule has 0 bridgehead atoms. The van der Waals surface area contributed by atoms with Crippen LogP contribution in [-0.2, 0) is 14.3 Å². The van der Waals surface area contributed by atoms with E-state index in [9.17, 15) is 18.3 Å². The summed E-state index contributed by atoms with van der Waals surface area (Å²) in [6.45, 7) is 3.58. The van der Waals surface area contributed by atoms with Crippen molar-refractivity contribution in [1.82, 2.24) is 0 Å². The van der Waals surface area contributed by atoms with Crippen molar-refractivity contribution in [2.75, 3.05) is 24.9 Å². The molecule has 0 saturated heterocycles. The molecule has 30 heavy (non-hydrogen) atoms. The topological polar surface area (TPSA) is 93.1 Å². The maximum Gasteiger partial charge on any atom is 0.412 e. The van der Waals surface area contributed by atoms with Crippen molar-refractivity contribution >= 4 is 27.5 Å². The molecule has 0 aliphatic carbocycles. The van der Waals surface area contributed by atoms with Crippen LogP contribution >= 0.6 is 0 Å². The van der Waals surface area contributed by atoms with E-state index in [1.165, 1.54) is 4.90 Å². The van der Waals surface area contributed by atoms with Crippen molar-refractivity contribution in [3.05, 3.63) is 54.1 Å². The Morgan fingerprint density at radius 1 is 1.13 bits per heavy atom. The molecule has 0 saturated carbocycles. The van der Waals surface area contributed by atoms with Gasteiger partial charge in [0.2, 0.25) is 0 Å². The normalized spacial score (nSPS) is 15.3. The molecule has 0 aromatic heterocycles. The minimum atomic E-state index is -3.56. The molecule has 0 atom stereocenters. The zero-order valence-corrected chi connectivity index (χ0v) is 18.2. The summed E-state index contributed by atoms with van der Waals surface area (Å²) in [5.41, 5.74) is 3.03. The number of amides is 1. The number of hydrogen-bond donors (Lipinski definition) is 1. The summed E-state index contributed by atoms with van der Waals surface area (Å²) in [4.78, 5) is 13.3. The molecule has 160 valence electrons. The van der Waals surface area contributed by atoms with E-state index in [-0.39, 0.29) is 6.61 Å². The third-order valence-corrected chi connectivity index (χ3v) is 5.56. The van der Waals surface area contributed by atoms with Gasteiger partial charge in [0, 0.05) is 11.1 Å². The van der Waals surface area contributed by atoms with Crippen LogP contribution in [0.5, 0.6) is 5.75 Å². The molecule has 8 heteroatoms. The minimum absolute atomic E-state index is 0.0217. The zero-order valence-electron chi connectivity index (χ0n) is 17.4. The van der Waals surface area contributed by atoms with Gasteiger partial charge < -0.3 is 9.84 Å². The van der Waals surface area contributed by atoms with Crippen LogP contribution in [0.2, 0.25) is 0 Å². The summed E-state index contributed by atoms with van der Waals surface area (Å²) in [7, 11) is -1.97. The summed E-state index contributed by atoms with van der Waals surface area (Å²) >= 11 is 0. The molecule has 1 heterocycles. The van der Waals surface area contributed by atoms with Crippen molar-refractivity contribution < 1.29 is 27.2 Å². The smallest absolute Gasteiger partial charge is 0.412 e. The minimum Gasteiger partial charge on any atom is -0.496 e. The first-order valence-electron chi connectivity index (χ1n) is 9.40. The first-order chi connectivity index (χ1) is 14.0. The molecule has 0 radical (unpaired) electrons. The van der Waals surface area contributed by atoms with Crippen LogP contribution in [0.15, 0.2) is 48.5 Å². The van der Waals surface area contributed by atoms with E-state index in [2.05, 4.69) is 0 Å².